The Morgan fingerprint density at radius 1 is 1.40 bits per heavy atom. The van der Waals surface area contributed by atoms with Crippen molar-refractivity contribution in [2.45, 2.75) is 12.8 Å². The second-order valence-electron chi connectivity index (χ2n) is 4.93. The molecule has 1 unspecified atom stereocenters. The maximum Gasteiger partial charge on any atom is 0.317 e. The molecule has 1 aliphatic rings. The van der Waals surface area contributed by atoms with Crippen molar-refractivity contribution >= 4 is 17.8 Å². The molecule has 0 aromatic heterocycles. The van der Waals surface area contributed by atoms with Crippen molar-refractivity contribution in [1.29, 1.82) is 0 Å². The first kappa shape index (κ1) is 16.2. The molecule has 1 saturated heterocycles. The number of amides is 2. The van der Waals surface area contributed by atoms with Crippen molar-refractivity contribution < 1.29 is 19.5 Å². The predicted octanol–water partition coefficient (Wildman–Crippen LogP) is -0.717. The molecule has 20 heavy (non-hydrogen) atoms. The number of nitrogens with zero attached hydrogens (tertiary/aromatic N) is 2. The smallest absolute Gasteiger partial charge is 0.317 e. The molecule has 1 rings (SSSR count). The minimum absolute atomic E-state index is 0.00377. The molecule has 1 heterocycles. The zero-order valence-electron chi connectivity index (χ0n) is 11.5. The third-order valence-corrected chi connectivity index (χ3v) is 3.28. The standard InChI is InChI=1S/C13H21N3O4/c1-2-5-15(9-12(18)19)8-11(17)16-6-3-4-10(7-16)13(14)20/h2,10H,1,3-9H2,(H2,14,20)(H,18,19). The lowest BCUT2D eigenvalue weighted by Gasteiger charge is -2.32. The molecule has 7 heteroatoms. The SMILES string of the molecule is C=CCN(CC(=O)O)CC(=O)N1CCCC(C(N)=O)C1. The van der Waals surface area contributed by atoms with Gasteiger partial charge in [0.2, 0.25) is 11.8 Å². The third kappa shape index (κ3) is 5.00. The van der Waals surface area contributed by atoms with Crippen LogP contribution < -0.4 is 5.73 Å². The third-order valence-electron chi connectivity index (χ3n) is 3.28. The summed E-state index contributed by atoms with van der Waals surface area (Å²) in [4.78, 5) is 37.1. The predicted molar refractivity (Wildman–Crippen MR) is 72.8 cm³/mol. The van der Waals surface area contributed by atoms with Gasteiger partial charge in [-0.2, -0.15) is 0 Å². The molecule has 3 N–H and O–H groups in total. The van der Waals surface area contributed by atoms with Crippen molar-refractivity contribution in [1.82, 2.24) is 9.80 Å². The van der Waals surface area contributed by atoms with Crippen LogP contribution in [0.2, 0.25) is 0 Å². The van der Waals surface area contributed by atoms with Gasteiger partial charge in [0.1, 0.15) is 0 Å². The van der Waals surface area contributed by atoms with Gasteiger partial charge in [0.05, 0.1) is 19.0 Å². The highest BCUT2D eigenvalue weighted by Crippen LogP contribution is 2.16. The molecule has 0 aromatic carbocycles. The van der Waals surface area contributed by atoms with E-state index in [4.69, 9.17) is 10.8 Å². The van der Waals surface area contributed by atoms with Gasteiger partial charge in [0.15, 0.2) is 0 Å². The summed E-state index contributed by atoms with van der Waals surface area (Å²) in [5, 5.41) is 8.79. The second kappa shape index (κ2) is 7.64. The van der Waals surface area contributed by atoms with Crippen LogP contribution in [0.5, 0.6) is 0 Å². The number of aliphatic carboxylic acids is 1. The van der Waals surface area contributed by atoms with Gasteiger partial charge in [0, 0.05) is 19.6 Å². The molecule has 0 radical (unpaired) electrons. The van der Waals surface area contributed by atoms with Crippen LogP contribution in [0.25, 0.3) is 0 Å². The zero-order chi connectivity index (χ0) is 15.1. The van der Waals surface area contributed by atoms with Gasteiger partial charge in [-0.1, -0.05) is 6.08 Å². The minimum atomic E-state index is -0.992. The van der Waals surface area contributed by atoms with Crippen molar-refractivity contribution in [3.05, 3.63) is 12.7 Å². The molecular formula is C13H21N3O4. The molecule has 0 aliphatic carbocycles. The highest BCUT2D eigenvalue weighted by Gasteiger charge is 2.27. The fourth-order valence-corrected chi connectivity index (χ4v) is 2.29. The van der Waals surface area contributed by atoms with Crippen LogP contribution in [-0.2, 0) is 14.4 Å². The van der Waals surface area contributed by atoms with Gasteiger partial charge in [-0.15, -0.1) is 6.58 Å². The molecule has 0 saturated carbocycles. The van der Waals surface area contributed by atoms with Crippen LogP contribution in [0.15, 0.2) is 12.7 Å². The highest BCUT2D eigenvalue weighted by atomic mass is 16.4. The van der Waals surface area contributed by atoms with Crippen LogP contribution in [0.4, 0.5) is 0 Å². The molecular weight excluding hydrogens is 262 g/mol. The summed E-state index contributed by atoms with van der Waals surface area (Å²) in [5.41, 5.74) is 5.27. The van der Waals surface area contributed by atoms with Crippen molar-refractivity contribution in [3.8, 4) is 0 Å². The number of carbonyl (C=O) groups excluding carboxylic acids is 2. The molecule has 0 aromatic rings. The fraction of sp³-hybridized carbons (Fsp3) is 0.615. The largest absolute Gasteiger partial charge is 0.480 e. The van der Waals surface area contributed by atoms with E-state index in [1.54, 1.807) is 11.0 Å². The zero-order valence-corrected chi connectivity index (χ0v) is 11.5. The highest BCUT2D eigenvalue weighted by molar-refractivity contribution is 5.81. The molecule has 1 fully saturated rings. The van der Waals surface area contributed by atoms with E-state index in [1.165, 1.54) is 4.90 Å². The Morgan fingerprint density at radius 2 is 2.10 bits per heavy atom. The second-order valence-corrected chi connectivity index (χ2v) is 4.93. The van der Waals surface area contributed by atoms with E-state index in [1.807, 2.05) is 0 Å². The number of primary amides is 1. The minimum Gasteiger partial charge on any atom is -0.480 e. The Balaban J connectivity index is 2.56. The number of likely N-dealkylation sites (tertiary alicyclic amines) is 1. The Hall–Kier alpha value is -1.89. The van der Waals surface area contributed by atoms with E-state index < -0.39 is 11.9 Å². The van der Waals surface area contributed by atoms with Crippen molar-refractivity contribution in [2.24, 2.45) is 11.7 Å². The molecule has 0 spiro atoms. The Kier molecular flexibility index (Phi) is 6.17. The molecule has 7 nitrogen and oxygen atoms in total. The number of hydrogen-bond acceptors (Lipinski definition) is 4. The fourth-order valence-electron chi connectivity index (χ4n) is 2.29. The molecule has 1 atom stereocenters. The number of hydrogen-bond donors (Lipinski definition) is 2. The monoisotopic (exact) mass is 283 g/mol. The van der Waals surface area contributed by atoms with Crippen LogP contribution in [0.1, 0.15) is 12.8 Å². The average Bonchev–Trinajstić information content (AvgIpc) is 2.38. The first-order valence-corrected chi connectivity index (χ1v) is 6.56. The van der Waals surface area contributed by atoms with E-state index in [0.29, 0.717) is 26.1 Å². The van der Waals surface area contributed by atoms with Crippen LogP contribution in [-0.4, -0.2) is 65.4 Å². The molecule has 1 aliphatic heterocycles. The Labute approximate surface area is 118 Å². The van der Waals surface area contributed by atoms with Gasteiger partial charge in [-0.05, 0) is 12.8 Å². The van der Waals surface area contributed by atoms with E-state index in [0.717, 1.165) is 6.42 Å². The first-order valence-electron chi connectivity index (χ1n) is 6.56. The van der Waals surface area contributed by atoms with Gasteiger partial charge < -0.3 is 15.7 Å². The van der Waals surface area contributed by atoms with Gasteiger partial charge in [0.25, 0.3) is 0 Å². The summed E-state index contributed by atoms with van der Waals surface area (Å²) in [7, 11) is 0. The summed E-state index contributed by atoms with van der Waals surface area (Å²) >= 11 is 0. The maximum absolute atomic E-state index is 12.1. The Bertz CT molecular complexity index is 397. The lowest BCUT2D eigenvalue weighted by atomic mass is 9.97. The van der Waals surface area contributed by atoms with Gasteiger partial charge in [-0.3, -0.25) is 19.3 Å². The van der Waals surface area contributed by atoms with Gasteiger partial charge in [-0.25, -0.2) is 0 Å². The quantitative estimate of drug-likeness (QED) is 0.600. The van der Waals surface area contributed by atoms with Crippen LogP contribution in [0, 0.1) is 5.92 Å². The number of carbonyl (C=O) groups is 3. The lowest BCUT2D eigenvalue weighted by molar-refractivity contribution is -0.140. The normalized spacial score (nSPS) is 18.9. The summed E-state index contributed by atoms with van der Waals surface area (Å²) in [6, 6.07) is 0. The number of carboxylic acid groups (broad SMARTS) is 1. The maximum atomic E-state index is 12.1. The number of carboxylic acids is 1. The van der Waals surface area contributed by atoms with Crippen molar-refractivity contribution in [3.63, 3.8) is 0 Å². The number of piperidine rings is 1. The van der Waals surface area contributed by atoms with Gasteiger partial charge >= 0.3 is 5.97 Å². The Morgan fingerprint density at radius 3 is 2.65 bits per heavy atom. The molecule has 2 amide bonds. The summed E-state index contributed by atoms with van der Waals surface area (Å²) < 4.78 is 0. The van der Waals surface area contributed by atoms with E-state index in [2.05, 4.69) is 6.58 Å². The summed E-state index contributed by atoms with van der Waals surface area (Å²) in [6.45, 7) is 4.56. The van der Waals surface area contributed by atoms with Crippen LogP contribution >= 0.6 is 0 Å². The summed E-state index contributed by atoms with van der Waals surface area (Å²) in [5.74, 6) is -1.87. The topological polar surface area (TPSA) is 104 Å². The van der Waals surface area contributed by atoms with Crippen molar-refractivity contribution in [2.75, 3.05) is 32.7 Å². The van der Waals surface area contributed by atoms with E-state index >= 15 is 0 Å². The molecule has 0 bridgehead atoms. The number of nitrogens with two attached hydrogens (primary N) is 1. The number of rotatable bonds is 7. The molecule has 112 valence electrons. The van der Waals surface area contributed by atoms with E-state index in [-0.39, 0.29) is 24.9 Å². The van der Waals surface area contributed by atoms with Crippen LogP contribution in [0.3, 0.4) is 0 Å². The first-order chi connectivity index (χ1) is 9.43. The van der Waals surface area contributed by atoms with E-state index in [9.17, 15) is 14.4 Å². The lowest BCUT2D eigenvalue weighted by Crippen LogP contribution is -2.48. The summed E-state index contributed by atoms with van der Waals surface area (Å²) in [6.07, 6.45) is 2.99. The average molecular weight is 283 g/mol.